The molecule has 3 aromatic rings. The van der Waals surface area contributed by atoms with Gasteiger partial charge in [-0.1, -0.05) is 53.5 Å². The third kappa shape index (κ3) is 8.76. The molecule has 0 saturated carbocycles. The van der Waals surface area contributed by atoms with E-state index in [1.165, 1.54) is 6.21 Å². The molecule has 2 N–H and O–H groups in total. The Morgan fingerprint density at radius 3 is 2.36 bits per heavy atom. The molecule has 0 saturated heterocycles. The normalized spacial score (nSPS) is 11.9. The third-order valence-electron chi connectivity index (χ3n) is 5.09. The van der Waals surface area contributed by atoms with Gasteiger partial charge in [0, 0.05) is 15.1 Å². The molecule has 0 aromatic heterocycles. The number of ether oxygens (including phenoxy) is 1. The lowest BCUT2D eigenvalue weighted by Crippen LogP contribution is -2.46. The largest absolute Gasteiger partial charge is 0.488 e. The Bertz CT molecular complexity index is 1220. The van der Waals surface area contributed by atoms with Crippen molar-refractivity contribution >= 4 is 61.5 Å². The van der Waals surface area contributed by atoms with Crippen molar-refractivity contribution in [3.8, 4) is 5.75 Å². The van der Waals surface area contributed by atoms with Crippen LogP contribution in [0, 0.1) is 5.92 Å². The summed E-state index contributed by atoms with van der Waals surface area (Å²) in [6, 6.07) is 19.2. The number of nitrogens with one attached hydrogen (secondary N) is 2. The molecule has 188 valence electrons. The van der Waals surface area contributed by atoms with E-state index in [-0.39, 0.29) is 11.8 Å². The summed E-state index contributed by atoms with van der Waals surface area (Å²) >= 11 is 12.8. The molecule has 1 atom stereocenters. The van der Waals surface area contributed by atoms with Crippen LogP contribution in [0.25, 0.3) is 0 Å². The van der Waals surface area contributed by atoms with Crippen molar-refractivity contribution in [1.82, 2.24) is 10.7 Å². The van der Waals surface area contributed by atoms with Crippen molar-refractivity contribution < 1.29 is 14.3 Å². The summed E-state index contributed by atoms with van der Waals surface area (Å²) in [5.74, 6) is 0.145. The van der Waals surface area contributed by atoms with E-state index in [0.717, 1.165) is 20.1 Å². The van der Waals surface area contributed by atoms with Crippen LogP contribution in [0.2, 0.25) is 5.02 Å². The highest BCUT2D eigenvalue weighted by molar-refractivity contribution is 9.10. The van der Waals surface area contributed by atoms with Gasteiger partial charge in [-0.25, -0.2) is 5.43 Å². The number of carbonyl (C=O) groups excluding carboxylic acids is 2. The van der Waals surface area contributed by atoms with Crippen molar-refractivity contribution in [3.63, 3.8) is 0 Å². The topological polar surface area (TPSA) is 79.8 Å². The molecule has 1 unspecified atom stereocenters. The quantitative estimate of drug-likeness (QED) is 0.191. The monoisotopic (exact) mass is 633 g/mol. The molecule has 0 radical (unpaired) electrons. The zero-order chi connectivity index (χ0) is 26.1. The summed E-state index contributed by atoms with van der Waals surface area (Å²) in [6.07, 6.45) is 2.01. The first-order valence-corrected chi connectivity index (χ1v) is 13.2. The van der Waals surface area contributed by atoms with Gasteiger partial charge in [-0.2, -0.15) is 5.10 Å². The van der Waals surface area contributed by atoms with Crippen LogP contribution in [-0.4, -0.2) is 24.1 Å². The highest BCUT2D eigenvalue weighted by Crippen LogP contribution is 2.26. The van der Waals surface area contributed by atoms with Gasteiger partial charge in [0.1, 0.15) is 18.4 Å². The predicted octanol–water partition coefficient (Wildman–Crippen LogP) is 6.74. The van der Waals surface area contributed by atoms with Crippen LogP contribution >= 0.6 is 43.5 Å². The van der Waals surface area contributed by atoms with Gasteiger partial charge < -0.3 is 10.1 Å². The molecule has 0 spiro atoms. The Hall–Kier alpha value is -2.68. The molecule has 0 bridgehead atoms. The molecule has 0 aliphatic carbocycles. The fourth-order valence-corrected chi connectivity index (χ4v) is 4.15. The van der Waals surface area contributed by atoms with E-state index in [2.05, 4.69) is 47.7 Å². The summed E-state index contributed by atoms with van der Waals surface area (Å²) in [7, 11) is 0. The third-order valence-corrected chi connectivity index (χ3v) is 6.49. The van der Waals surface area contributed by atoms with Crippen molar-refractivity contribution in [1.29, 1.82) is 0 Å². The van der Waals surface area contributed by atoms with Gasteiger partial charge in [-0.05, 0) is 94.0 Å². The zero-order valence-corrected chi connectivity index (χ0v) is 23.7. The standard InChI is InChI=1S/C27H26Br2ClN3O3/c1-17(2)13-24(32-26(34)20-6-10-22(30)11-7-20)27(35)33-31-15-19-5-12-25(23(29)14-19)36-16-18-3-8-21(28)9-4-18/h3-12,14-15,17,24H,13,16H2,1-2H3,(H,32,34)(H,33,35). The lowest BCUT2D eigenvalue weighted by molar-refractivity contribution is -0.123. The number of hydrogen-bond acceptors (Lipinski definition) is 4. The number of nitrogens with zero attached hydrogens (tertiary/aromatic N) is 1. The van der Waals surface area contributed by atoms with Crippen molar-refractivity contribution in [2.24, 2.45) is 11.0 Å². The summed E-state index contributed by atoms with van der Waals surface area (Å²) in [4.78, 5) is 25.3. The molecule has 9 heteroatoms. The Kier molecular flexibility index (Phi) is 10.5. The van der Waals surface area contributed by atoms with E-state index < -0.39 is 11.9 Å². The van der Waals surface area contributed by atoms with E-state index in [0.29, 0.717) is 29.4 Å². The molecular weight excluding hydrogens is 610 g/mol. The van der Waals surface area contributed by atoms with Crippen LogP contribution in [0.1, 0.15) is 41.8 Å². The Labute approximate surface area is 232 Å². The first kappa shape index (κ1) is 27.9. The molecule has 0 aliphatic heterocycles. The van der Waals surface area contributed by atoms with E-state index in [1.807, 2.05) is 56.3 Å². The average Bonchev–Trinajstić information content (AvgIpc) is 2.84. The maximum Gasteiger partial charge on any atom is 0.262 e. The molecule has 36 heavy (non-hydrogen) atoms. The second kappa shape index (κ2) is 13.6. The molecule has 3 aromatic carbocycles. The summed E-state index contributed by atoms with van der Waals surface area (Å²) < 4.78 is 7.67. The number of hydrazone groups is 1. The van der Waals surface area contributed by atoms with Crippen LogP contribution in [0.4, 0.5) is 0 Å². The van der Waals surface area contributed by atoms with E-state index in [9.17, 15) is 9.59 Å². The minimum atomic E-state index is -0.730. The second-order valence-corrected chi connectivity index (χ2v) is 10.7. The summed E-state index contributed by atoms with van der Waals surface area (Å²) in [5, 5.41) is 7.40. The van der Waals surface area contributed by atoms with Crippen LogP contribution < -0.4 is 15.5 Å². The van der Waals surface area contributed by atoms with Gasteiger partial charge in [-0.3, -0.25) is 9.59 Å². The van der Waals surface area contributed by atoms with Crippen LogP contribution in [0.15, 0.2) is 80.8 Å². The second-order valence-electron chi connectivity index (χ2n) is 8.50. The number of benzene rings is 3. The van der Waals surface area contributed by atoms with E-state index >= 15 is 0 Å². The molecule has 0 aliphatic rings. The smallest absolute Gasteiger partial charge is 0.262 e. The number of rotatable bonds is 10. The molecule has 6 nitrogen and oxygen atoms in total. The van der Waals surface area contributed by atoms with Crippen molar-refractivity contribution in [2.75, 3.05) is 0 Å². The minimum Gasteiger partial charge on any atom is -0.488 e. The summed E-state index contributed by atoms with van der Waals surface area (Å²) in [5.41, 5.74) is 4.78. The van der Waals surface area contributed by atoms with Gasteiger partial charge in [0.2, 0.25) is 0 Å². The van der Waals surface area contributed by atoms with Crippen molar-refractivity contribution in [3.05, 3.63) is 97.4 Å². The van der Waals surface area contributed by atoms with E-state index in [4.69, 9.17) is 16.3 Å². The number of halogens is 3. The number of amides is 2. The molecule has 0 heterocycles. The number of hydrogen-bond donors (Lipinski definition) is 2. The Morgan fingerprint density at radius 2 is 1.72 bits per heavy atom. The van der Waals surface area contributed by atoms with E-state index in [1.54, 1.807) is 24.3 Å². The first-order valence-electron chi connectivity index (χ1n) is 11.3. The highest BCUT2D eigenvalue weighted by atomic mass is 79.9. The van der Waals surface area contributed by atoms with Gasteiger partial charge in [0.05, 0.1) is 10.7 Å². The molecule has 0 fully saturated rings. The lowest BCUT2D eigenvalue weighted by Gasteiger charge is -2.19. The van der Waals surface area contributed by atoms with Crippen molar-refractivity contribution in [2.45, 2.75) is 32.9 Å². The zero-order valence-electron chi connectivity index (χ0n) is 19.8. The van der Waals surface area contributed by atoms with Crippen LogP contribution in [0.3, 0.4) is 0 Å². The van der Waals surface area contributed by atoms with Crippen LogP contribution in [0.5, 0.6) is 5.75 Å². The molecular formula is C27H26Br2ClN3O3. The van der Waals surface area contributed by atoms with Gasteiger partial charge >= 0.3 is 0 Å². The average molecular weight is 636 g/mol. The predicted molar refractivity (Wildman–Crippen MR) is 151 cm³/mol. The number of carbonyl (C=O) groups is 2. The SMILES string of the molecule is CC(C)CC(NC(=O)c1ccc(Cl)cc1)C(=O)NN=Cc1ccc(OCc2ccc(Br)cc2)c(Br)c1. The first-order chi connectivity index (χ1) is 17.2. The Morgan fingerprint density at radius 1 is 1.03 bits per heavy atom. The maximum atomic E-state index is 12.8. The van der Waals surface area contributed by atoms with Gasteiger partial charge in [0.15, 0.2) is 0 Å². The van der Waals surface area contributed by atoms with Gasteiger partial charge in [-0.15, -0.1) is 0 Å². The molecule has 3 rings (SSSR count). The fraction of sp³-hybridized carbons (Fsp3) is 0.222. The Balaban J connectivity index is 1.58. The fourth-order valence-electron chi connectivity index (χ4n) is 3.25. The summed E-state index contributed by atoms with van der Waals surface area (Å²) in [6.45, 7) is 4.40. The lowest BCUT2D eigenvalue weighted by atomic mass is 10.0. The molecule has 2 amide bonds. The highest BCUT2D eigenvalue weighted by Gasteiger charge is 2.22. The van der Waals surface area contributed by atoms with Crippen LogP contribution in [-0.2, 0) is 11.4 Å². The van der Waals surface area contributed by atoms with Gasteiger partial charge in [0.25, 0.3) is 11.8 Å². The minimum absolute atomic E-state index is 0.191. The maximum absolute atomic E-state index is 12.8.